The lowest BCUT2D eigenvalue weighted by molar-refractivity contribution is 0.0511. The maximum Gasteiger partial charge on any atom is 0.254 e. The monoisotopic (exact) mass is 344 g/mol. The van der Waals surface area contributed by atoms with Gasteiger partial charge in [0.25, 0.3) is 5.91 Å². The molecular formula is C16H29ClN4O2. The molecule has 0 spiro atoms. The van der Waals surface area contributed by atoms with E-state index in [0.29, 0.717) is 18.7 Å². The van der Waals surface area contributed by atoms with Gasteiger partial charge in [-0.05, 0) is 46.7 Å². The summed E-state index contributed by atoms with van der Waals surface area (Å²) in [7, 11) is 1.72. The molecule has 2 N–H and O–H groups in total. The van der Waals surface area contributed by atoms with E-state index in [4.69, 9.17) is 4.74 Å². The maximum atomic E-state index is 12.4. The van der Waals surface area contributed by atoms with Crippen molar-refractivity contribution in [1.82, 2.24) is 20.4 Å². The third-order valence-electron chi connectivity index (χ3n) is 4.27. The Bertz CT molecular complexity index is 499. The van der Waals surface area contributed by atoms with Crippen LogP contribution in [-0.4, -0.2) is 49.0 Å². The van der Waals surface area contributed by atoms with Crippen molar-refractivity contribution in [1.29, 1.82) is 0 Å². The second kappa shape index (κ2) is 8.13. The van der Waals surface area contributed by atoms with Gasteiger partial charge in [-0.1, -0.05) is 0 Å². The van der Waals surface area contributed by atoms with Gasteiger partial charge in [0.2, 0.25) is 0 Å². The van der Waals surface area contributed by atoms with Gasteiger partial charge in [-0.15, -0.1) is 12.4 Å². The number of piperidine rings is 1. The van der Waals surface area contributed by atoms with Gasteiger partial charge in [0.1, 0.15) is 0 Å². The highest BCUT2D eigenvalue weighted by atomic mass is 35.5. The number of carbonyl (C=O) groups is 1. The molecule has 0 radical (unpaired) electrons. The molecule has 1 amide bonds. The first-order valence-corrected chi connectivity index (χ1v) is 7.89. The summed E-state index contributed by atoms with van der Waals surface area (Å²) >= 11 is 0. The van der Waals surface area contributed by atoms with Gasteiger partial charge in [0.15, 0.2) is 0 Å². The zero-order valence-electron chi connectivity index (χ0n) is 14.5. The Morgan fingerprint density at radius 2 is 2.09 bits per heavy atom. The van der Waals surface area contributed by atoms with Crippen LogP contribution in [0.25, 0.3) is 0 Å². The molecule has 0 atom stereocenters. The fourth-order valence-corrected chi connectivity index (χ4v) is 2.81. The highest BCUT2D eigenvalue weighted by molar-refractivity contribution is 5.93. The van der Waals surface area contributed by atoms with Gasteiger partial charge in [-0.25, -0.2) is 0 Å². The molecule has 6 nitrogen and oxygen atoms in total. The van der Waals surface area contributed by atoms with E-state index in [1.807, 2.05) is 4.68 Å². The molecule has 1 aromatic heterocycles. The third-order valence-corrected chi connectivity index (χ3v) is 4.27. The lowest BCUT2D eigenvalue weighted by atomic mass is 9.79. The Morgan fingerprint density at radius 3 is 2.61 bits per heavy atom. The fourth-order valence-electron chi connectivity index (χ4n) is 2.81. The Morgan fingerprint density at radius 1 is 1.43 bits per heavy atom. The van der Waals surface area contributed by atoms with Crippen LogP contribution < -0.4 is 10.6 Å². The van der Waals surface area contributed by atoms with E-state index in [1.165, 1.54) is 0 Å². The van der Waals surface area contributed by atoms with E-state index in [2.05, 4.69) is 36.5 Å². The average Bonchev–Trinajstić information content (AvgIpc) is 2.96. The predicted molar refractivity (Wildman–Crippen MR) is 93.2 cm³/mol. The lowest BCUT2D eigenvalue weighted by Crippen LogP contribution is -2.47. The summed E-state index contributed by atoms with van der Waals surface area (Å²) in [6.45, 7) is 9.44. The topological polar surface area (TPSA) is 68.2 Å². The predicted octanol–water partition coefficient (Wildman–Crippen LogP) is 1.81. The van der Waals surface area contributed by atoms with Crippen molar-refractivity contribution in [2.75, 3.05) is 33.4 Å². The zero-order valence-corrected chi connectivity index (χ0v) is 15.3. The molecule has 0 aromatic carbocycles. The van der Waals surface area contributed by atoms with Gasteiger partial charge in [-0.3, -0.25) is 9.48 Å². The molecule has 1 aromatic rings. The van der Waals surface area contributed by atoms with E-state index in [9.17, 15) is 4.79 Å². The Labute approximate surface area is 144 Å². The van der Waals surface area contributed by atoms with E-state index in [1.54, 1.807) is 19.5 Å². The van der Waals surface area contributed by atoms with Crippen molar-refractivity contribution in [3.63, 3.8) is 0 Å². The van der Waals surface area contributed by atoms with E-state index < -0.39 is 0 Å². The second-order valence-electron chi connectivity index (χ2n) is 7.21. The Hall–Kier alpha value is -1.11. The van der Waals surface area contributed by atoms with Gasteiger partial charge < -0.3 is 15.4 Å². The first kappa shape index (κ1) is 19.9. The lowest BCUT2D eigenvalue weighted by Gasteiger charge is -2.37. The SMILES string of the molecule is COCC1(CNC(=O)c2cnn(C(C)(C)C)c2)CCNCC1.Cl. The Kier molecular flexibility index (Phi) is 7.04. The van der Waals surface area contributed by atoms with Crippen LogP contribution in [0.5, 0.6) is 0 Å². The van der Waals surface area contributed by atoms with E-state index in [-0.39, 0.29) is 29.3 Å². The van der Waals surface area contributed by atoms with Gasteiger partial charge in [0.05, 0.1) is 23.9 Å². The molecule has 0 saturated carbocycles. The van der Waals surface area contributed by atoms with Crippen LogP contribution in [-0.2, 0) is 10.3 Å². The van der Waals surface area contributed by atoms with Crippen molar-refractivity contribution >= 4 is 18.3 Å². The summed E-state index contributed by atoms with van der Waals surface area (Å²) in [5, 5.41) is 10.7. The number of hydrogen-bond acceptors (Lipinski definition) is 4. The quantitative estimate of drug-likeness (QED) is 0.854. The maximum absolute atomic E-state index is 12.4. The molecule has 23 heavy (non-hydrogen) atoms. The number of nitrogens with one attached hydrogen (secondary N) is 2. The Balaban J connectivity index is 0.00000264. The van der Waals surface area contributed by atoms with Crippen LogP contribution >= 0.6 is 12.4 Å². The molecule has 0 bridgehead atoms. The second-order valence-corrected chi connectivity index (χ2v) is 7.21. The standard InChI is InChI=1S/C16H28N4O2.ClH/c1-15(2,3)20-10-13(9-19-20)14(21)18-11-16(12-22-4)5-7-17-8-6-16;/h9-10,17H,5-8,11-12H2,1-4H3,(H,18,21);1H. The van der Waals surface area contributed by atoms with Crippen molar-refractivity contribution in [3.05, 3.63) is 18.0 Å². The molecule has 2 heterocycles. The van der Waals surface area contributed by atoms with Crippen LogP contribution in [0, 0.1) is 5.41 Å². The minimum Gasteiger partial charge on any atom is -0.384 e. The molecule has 1 aliphatic rings. The summed E-state index contributed by atoms with van der Waals surface area (Å²) in [5.74, 6) is -0.0653. The minimum absolute atomic E-state index is 0. The van der Waals surface area contributed by atoms with Crippen molar-refractivity contribution in [3.8, 4) is 0 Å². The summed E-state index contributed by atoms with van der Waals surface area (Å²) in [6, 6.07) is 0. The van der Waals surface area contributed by atoms with Crippen molar-refractivity contribution in [2.24, 2.45) is 5.41 Å². The van der Waals surface area contributed by atoms with Crippen molar-refractivity contribution in [2.45, 2.75) is 39.2 Å². The molecular weight excluding hydrogens is 316 g/mol. The average molecular weight is 345 g/mol. The van der Waals surface area contributed by atoms with Crippen LogP contribution in [0.3, 0.4) is 0 Å². The minimum atomic E-state index is -0.120. The van der Waals surface area contributed by atoms with Crippen LogP contribution in [0.2, 0.25) is 0 Å². The molecule has 1 saturated heterocycles. The molecule has 1 fully saturated rings. The van der Waals surface area contributed by atoms with Gasteiger partial charge in [0, 0.05) is 25.3 Å². The van der Waals surface area contributed by atoms with Gasteiger partial charge in [-0.2, -0.15) is 5.10 Å². The van der Waals surface area contributed by atoms with E-state index >= 15 is 0 Å². The highest BCUT2D eigenvalue weighted by Crippen LogP contribution is 2.28. The fraction of sp³-hybridized carbons (Fsp3) is 0.750. The molecule has 2 rings (SSSR count). The number of carbonyl (C=O) groups excluding carboxylic acids is 1. The molecule has 0 unspecified atom stereocenters. The number of amides is 1. The number of nitrogens with zero attached hydrogens (tertiary/aromatic N) is 2. The molecule has 132 valence electrons. The van der Waals surface area contributed by atoms with Crippen LogP contribution in [0.15, 0.2) is 12.4 Å². The normalized spacial score (nSPS) is 17.4. The number of rotatable bonds is 5. The molecule has 7 heteroatoms. The molecule has 1 aliphatic heterocycles. The van der Waals surface area contributed by atoms with Gasteiger partial charge >= 0.3 is 0 Å². The summed E-state index contributed by atoms with van der Waals surface area (Å²) < 4.78 is 7.19. The van der Waals surface area contributed by atoms with Crippen LogP contribution in [0.1, 0.15) is 44.0 Å². The molecule has 0 aliphatic carbocycles. The first-order valence-electron chi connectivity index (χ1n) is 7.89. The zero-order chi connectivity index (χ0) is 16.2. The number of hydrogen-bond donors (Lipinski definition) is 2. The first-order chi connectivity index (χ1) is 10.4. The number of halogens is 1. The summed E-state index contributed by atoms with van der Waals surface area (Å²) in [5.41, 5.74) is 0.525. The highest BCUT2D eigenvalue weighted by Gasteiger charge is 2.32. The summed E-state index contributed by atoms with van der Waals surface area (Å²) in [4.78, 5) is 12.4. The van der Waals surface area contributed by atoms with E-state index in [0.717, 1.165) is 25.9 Å². The van der Waals surface area contributed by atoms with Crippen LogP contribution in [0.4, 0.5) is 0 Å². The van der Waals surface area contributed by atoms with Crippen molar-refractivity contribution < 1.29 is 9.53 Å². The third kappa shape index (κ3) is 5.19. The number of aromatic nitrogens is 2. The summed E-state index contributed by atoms with van der Waals surface area (Å²) in [6.07, 6.45) is 5.47. The smallest absolute Gasteiger partial charge is 0.254 e. The number of ether oxygens (including phenoxy) is 1. The number of methoxy groups -OCH3 is 1. The largest absolute Gasteiger partial charge is 0.384 e.